The van der Waals surface area contributed by atoms with E-state index >= 15 is 0 Å². The van der Waals surface area contributed by atoms with Gasteiger partial charge in [-0.05, 0) is 55.8 Å². The van der Waals surface area contributed by atoms with E-state index in [1.165, 1.54) is 6.07 Å². The van der Waals surface area contributed by atoms with Crippen molar-refractivity contribution in [2.45, 2.75) is 19.4 Å². The molecule has 0 aliphatic heterocycles. The van der Waals surface area contributed by atoms with E-state index in [2.05, 4.69) is 5.32 Å². The quantitative estimate of drug-likeness (QED) is 0.872. The van der Waals surface area contributed by atoms with Gasteiger partial charge in [-0.3, -0.25) is 0 Å². The largest absolute Gasteiger partial charge is 0.494 e. The number of hydrogen-bond donors (Lipinski definition) is 1. The van der Waals surface area contributed by atoms with E-state index in [0.29, 0.717) is 13.0 Å². The minimum Gasteiger partial charge on any atom is -0.494 e. The molecule has 0 fully saturated rings. The normalized spacial score (nSPS) is 12.2. The second kappa shape index (κ2) is 7.18. The molecular formula is C17H19F2NO. The van der Waals surface area contributed by atoms with Crippen LogP contribution in [0.1, 0.15) is 24.1 Å². The van der Waals surface area contributed by atoms with Crippen molar-refractivity contribution in [2.75, 3.05) is 13.7 Å². The van der Waals surface area contributed by atoms with E-state index < -0.39 is 11.6 Å². The summed E-state index contributed by atoms with van der Waals surface area (Å²) in [5.74, 6) is -0.830. The van der Waals surface area contributed by atoms with Gasteiger partial charge in [-0.25, -0.2) is 8.78 Å². The van der Waals surface area contributed by atoms with E-state index in [1.54, 1.807) is 6.07 Å². The Hall–Kier alpha value is -1.94. The van der Waals surface area contributed by atoms with Crippen LogP contribution in [0.5, 0.6) is 5.75 Å². The summed E-state index contributed by atoms with van der Waals surface area (Å²) >= 11 is 0. The molecule has 0 bridgehead atoms. The molecule has 2 aromatic carbocycles. The number of hydrogen-bond acceptors (Lipinski definition) is 2. The third-order valence-electron chi connectivity index (χ3n) is 3.34. The molecule has 0 aliphatic carbocycles. The summed E-state index contributed by atoms with van der Waals surface area (Å²) in [6, 6.07) is 11.8. The summed E-state index contributed by atoms with van der Waals surface area (Å²) in [5, 5.41) is 3.20. The van der Waals surface area contributed by atoms with Gasteiger partial charge in [0.25, 0.3) is 0 Å². The first-order chi connectivity index (χ1) is 10.1. The highest BCUT2D eigenvalue weighted by molar-refractivity contribution is 5.32. The van der Waals surface area contributed by atoms with Gasteiger partial charge in [0.15, 0.2) is 11.6 Å². The maximum Gasteiger partial charge on any atom is 0.159 e. The molecule has 0 radical (unpaired) electrons. The topological polar surface area (TPSA) is 21.3 Å². The predicted octanol–water partition coefficient (Wildman–Crippen LogP) is 3.87. The van der Waals surface area contributed by atoms with Gasteiger partial charge in [0.05, 0.1) is 6.61 Å². The highest BCUT2D eigenvalue weighted by atomic mass is 19.2. The fraction of sp³-hybridized carbons (Fsp3) is 0.294. The molecule has 0 aliphatic rings. The number of halogens is 2. The SMILES string of the molecule is CCOc1cccc(C(Cc2ccc(F)c(F)c2)NC)c1. The second-order valence-corrected chi connectivity index (χ2v) is 4.80. The first-order valence-corrected chi connectivity index (χ1v) is 6.98. The summed E-state index contributed by atoms with van der Waals surface area (Å²) in [5.41, 5.74) is 1.79. The first kappa shape index (κ1) is 15.4. The molecule has 112 valence electrons. The Balaban J connectivity index is 2.19. The van der Waals surface area contributed by atoms with Crippen LogP contribution in [-0.2, 0) is 6.42 Å². The van der Waals surface area contributed by atoms with E-state index in [1.807, 2.05) is 38.2 Å². The number of ether oxygens (including phenoxy) is 1. The molecule has 0 saturated carbocycles. The maximum absolute atomic E-state index is 13.3. The van der Waals surface area contributed by atoms with Gasteiger partial charge in [-0.2, -0.15) is 0 Å². The van der Waals surface area contributed by atoms with Gasteiger partial charge in [-0.15, -0.1) is 0 Å². The average Bonchev–Trinajstić information content (AvgIpc) is 2.49. The summed E-state index contributed by atoms with van der Waals surface area (Å²) in [6.07, 6.45) is 0.573. The Labute approximate surface area is 123 Å². The Morgan fingerprint density at radius 3 is 2.57 bits per heavy atom. The lowest BCUT2D eigenvalue weighted by Gasteiger charge is -2.18. The highest BCUT2D eigenvalue weighted by Crippen LogP contribution is 2.23. The molecule has 0 heterocycles. The van der Waals surface area contributed by atoms with Gasteiger partial charge < -0.3 is 10.1 Å². The smallest absolute Gasteiger partial charge is 0.159 e. The molecule has 0 amide bonds. The summed E-state index contributed by atoms with van der Waals surface area (Å²) < 4.78 is 31.7. The van der Waals surface area contributed by atoms with E-state index in [9.17, 15) is 8.78 Å². The molecule has 0 spiro atoms. The Morgan fingerprint density at radius 2 is 1.90 bits per heavy atom. The lowest BCUT2D eigenvalue weighted by atomic mass is 9.98. The number of benzene rings is 2. The van der Waals surface area contributed by atoms with Gasteiger partial charge in [0.1, 0.15) is 5.75 Å². The summed E-state index contributed by atoms with van der Waals surface area (Å²) in [7, 11) is 1.85. The van der Waals surface area contributed by atoms with Crippen molar-refractivity contribution < 1.29 is 13.5 Å². The zero-order chi connectivity index (χ0) is 15.2. The van der Waals surface area contributed by atoms with Crippen molar-refractivity contribution >= 4 is 0 Å². The number of nitrogens with one attached hydrogen (secondary N) is 1. The van der Waals surface area contributed by atoms with Crippen molar-refractivity contribution in [3.63, 3.8) is 0 Å². The zero-order valence-corrected chi connectivity index (χ0v) is 12.2. The molecule has 2 aromatic rings. The molecule has 2 rings (SSSR count). The van der Waals surface area contributed by atoms with Crippen LogP contribution in [0, 0.1) is 11.6 Å². The van der Waals surface area contributed by atoms with Crippen molar-refractivity contribution in [3.05, 3.63) is 65.2 Å². The molecule has 1 N–H and O–H groups in total. The zero-order valence-electron chi connectivity index (χ0n) is 12.2. The van der Waals surface area contributed by atoms with Crippen LogP contribution in [0.25, 0.3) is 0 Å². The lowest BCUT2D eigenvalue weighted by Crippen LogP contribution is -2.19. The molecular weight excluding hydrogens is 272 g/mol. The Bertz CT molecular complexity index is 601. The minimum absolute atomic E-state index is 0.00951. The van der Waals surface area contributed by atoms with Crippen molar-refractivity contribution in [2.24, 2.45) is 0 Å². The molecule has 0 saturated heterocycles. The standard InChI is InChI=1S/C17H19F2NO/c1-3-21-14-6-4-5-13(11-14)17(20-2)10-12-7-8-15(18)16(19)9-12/h4-9,11,17,20H,3,10H2,1-2H3. The van der Waals surface area contributed by atoms with E-state index in [-0.39, 0.29) is 6.04 Å². The van der Waals surface area contributed by atoms with E-state index in [4.69, 9.17) is 4.74 Å². The first-order valence-electron chi connectivity index (χ1n) is 6.98. The molecule has 0 aromatic heterocycles. The van der Waals surface area contributed by atoms with Crippen LogP contribution in [-0.4, -0.2) is 13.7 Å². The summed E-state index contributed by atoms with van der Waals surface area (Å²) in [4.78, 5) is 0. The fourth-order valence-electron chi connectivity index (χ4n) is 2.28. The van der Waals surface area contributed by atoms with Crippen molar-refractivity contribution in [1.82, 2.24) is 5.32 Å². The van der Waals surface area contributed by atoms with Gasteiger partial charge >= 0.3 is 0 Å². The number of likely N-dealkylation sites (N-methyl/N-ethyl adjacent to an activating group) is 1. The lowest BCUT2D eigenvalue weighted by molar-refractivity contribution is 0.339. The summed E-state index contributed by atoms with van der Waals surface area (Å²) in [6.45, 7) is 2.54. The van der Waals surface area contributed by atoms with Crippen LogP contribution in [0.15, 0.2) is 42.5 Å². The molecule has 1 unspecified atom stereocenters. The maximum atomic E-state index is 13.3. The van der Waals surface area contributed by atoms with Crippen LogP contribution in [0.2, 0.25) is 0 Å². The molecule has 21 heavy (non-hydrogen) atoms. The third kappa shape index (κ3) is 4.02. The third-order valence-corrected chi connectivity index (χ3v) is 3.34. The van der Waals surface area contributed by atoms with Crippen molar-refractivity contribution in [1.29, 1.82) is 0 Å². The highest BCUT2D eigenvalue weighted by Gasteiger charge is 2.12. The van der Waals surface area contributed by atoms with E-state index in [0.717, 1.165) is 22.9 Å². The van der Waals surface area contributed by atoms with Crippen molar-refractivity contribution in [3.8, 4) is 5.75 Å². The van der Waals surface area contributed by atoms with Gasteiger partial charge in [0, 0.05) is 6.04 Å². The van der Waals surface area contributed by atoms with Gasteiger partial charge in [0.2, 0.25) is 0 Å². The Kier molecular flexibility index (Phi) is 5.28. The predicted molar refractivity (Wildman–Crippen MR) is 79.5 cm³/mol. The monoisotopic (exact) mass is 291 g/mol. The fourth-order valence-corrected chi connectivity index (χ4v) is 2.28. The minimum atomic E-state index is -0.821. The van der Waals surface area contributed by atoms with Gasteiger partial charge in [-0.1, -0.05) is 18.2 Å². The molecule has 2 nitrogen and oxygen atoms in total. The van der Waals surface area contributed by atoms with Crippen LogP contribution < -0.4 is 10.1 Å². The second-order valence-electron chi connectivity index (χ2n) is 4.80. The Morgan fingerprint density at radius 1 is 1.10 bits per heavy atom. The molecule has 4 heteroatoms. The molecule has 1 atom stereocenters. The number of rotatable bonds is 6. The van der Waals surface area contributed by atoms with Crippen LogP contribution in [0.4, 0.5) is 8.78 Å². The van der Waals surface area contributed by atoms with Crippen LogP contribution in [0.3, 0.4) is 0 Å². The average molecular weight is 291 g/mol. The van der Waals surface area contributed by atoms with Crippen LogP contribution >= 0.6 is 0 Å².